The summed E-state index contributed by atoms with van der Waals surface area (Å²) in [6.07, 6.45) is -1.69. The second-order valence-electron chi connectivity index (χ2n) is 10.1. The van der Waals surface area contributed by atoms with E-state index in [1.165, 1.54) is 0 Å². The number of hydrogen-bond donors (Lipinski definition) is 1. The lowest BCUT2D eigenvalue weighted by atomic mass is 9.85. The molecule has 0 saturated carbocycles. The van der Waals surface area contributed by atoms with Gasteiger partial charge in [-0.05, 0) is 71.8 Å². The molecule has 0 amide bonds. The second kappa shape index (κ2) is 12.7. The molecule has 1 saturated heterocycles. The van der Waals surface area contributed by atoms with Gasteiger partial charge in [0.05, 0.1) is 47.8 Å². The quantitative estimate of drug-likeness (QED) is 0.296. The van der Waals surface area contributed by atoms with Gasteiger partial charge in [-0.2, -0.15) is 0 Å². The molecule has 4 rings (SSSR count). The molecular formula is C32H40O8. The summed E-state index contributed by atoms with van der Waals surface area (Å²) in [5.41, 5.74) is 2.70. The Morgan fingerprint density at radius 3 is 1.52 bits per heavy atom. The van der Waals surface area contributed by atoms with Crippen molar-refractivity contribution in [2.75, 3.05) is 35.5 Å². The van der Waals surface area contributed by atoms with E-state index >= 15 is 0 Å². The molecule has 8 nitrogen and oxygen atoms in total. The molecule has 8 heteroatoms. The van der Waals surface area contributed by atoms with Gasteiger partial charge in [-0.15, -0.1) is 0 Å². The van der Waals surface area contributed by atoms with Gasteiger partial charge < -0.3 is 38.3 Å². The van der Waals surface area contributed by atoms with Gasteiger partial charge in [0.1, 0.15) is 12.2 Å². The molecule has 40 heavy (non-hydrogen) atoms. The number of ether oxygens (including phenoxy) is 7. The van der Waals surface area contributed by atoms with Crippen LogP contribution in [0.4, 0.5) is 0 Å². The topological polar surface area (TPSA) is 84.8 Å². The maximum absolute atomic E-state index is 11.0. The highest BCUT2D eigenvalue weighted by molar-refractivity contribution is 5.46. The van der Waals surface area contributed by atoms with E-state index in [9.17, 15) is 5.11 Å². The van der Waals surface area contributed by atoms with Crippen molar-refractivity contribution in [1.29, 1.82) is 0 Å². The predicted molar refractivity (Wildman–Crippen MR) is 152 cm³/mol. The Balaban J connectivity index is 1.52. The van der Waals surface area contributed by atoms with Crippen LogP contribution >= 0.6 is 0 Å². The smallest absolute Gasteiger partial charge is 0.161 e. The van der Waals surface area contributed by atoms with Gasteiger partial charge in [0.2, 0.25) is 0 Å². The molecule has 0 unspecified atom stereocenters. The normalized spacial score (nSPS) is 21.8. The Morgan fingerprint density at radius 2 is 1.02 bits per heavy atom. The molecule has 216 valence electrons. The molecule has 0 radical (unpaired) electrons. The maximum Gasteiger partial charge on any atom is 0.161 e. The Hall–Kier alpha value is -3.62. The third kappa shape index (κ3) is 5.78. The molecule has 3 aromatic carbocycles. The third-order valence-electron chi connectivity index (χ3n) is 7.84. The summed E-state index contributed by atoms with van der Waals surface area (Å²) in [4.78, 5) is 0. The molecule has 1 aliphatic rings. The Kier molecular flexibility index (Phi) is 9.32. The molecule has 1 heterocycles. The molecule has 0 aromatic heterocycles. The van der Waals surface area contributed by atoms with Crippen LogP contribution in [0.5, 0.6) is 34.5 Å². The van der Waals surface area contributed by atoms with Crippen LogP contribution in [0, 0.1) is 11.8 Å². The zero-order chi connectivity index (χ0) is 29.0. The van der Waals surface area contributed by atoms with Crippen LogP contribution in [0.2, 0.25) is 0 Å². The fourth-order valence-electron chi connectivity index (χ4n) is 5.28. The Bertz CT molecular complexity index is 1290. The van der Waals surface area contributed by atoms with E-state index in [1.807, 2.05) is 43.3 Å². The van der Waals surface area contributed by atoms with Crippen LogP contribution in [-0.2, 0) is 4.74 Å². The fourth-order valence-corrected chi connectivity index (χ4v) is 5.28. The second-order valence-corrected chi connectivity index (χ2v) is 10.1. The van der Waals surface area contributed by atoms with Crippen molar-refractivity contribution in [3.8, 4) is 34.5 Å². The number of benzene rings is 3. The van der Waals surface area contributed by atoms with Crippen molar-refractivity contribution in [2.45, 2.75) is 45.2 Å². The number of methoxy groups -OCH3 is 5. The van der Waals surface area contributed by atoms with Crippen LogP contribution in [0.15, 0.2) is 54.6 Å². The van der Waals surface area contributed by atoms with E-state index in [1.54, 1.807) is 53.7 Å². The van der Waals surface area contributed by atoms with E-state index in [0.29, 0.717) is 40.1 Å². The lowest BCUT2D eigenvalue weighted by molar-refractivity contribution is 0.0284. The molecule has 0 spiro atoms. The highest BCUT2D eigenvalue weighted by atomic mass is 16.5. The maximum atomic E-state index is 11.0. The van der Waals surface area contributed by atoms with E-state index in [4.69, 9.17) is 33.2 Å². The van der Waals surface area contributed by atoms with Gasteiger partial charge in [-0.3, -0.25) is 0 Å². The van der Waals surface area contributed by atoms with Crippen molar-refractivity contribution < 1.29 is 38.3 Å². The summed E-state index contributed by atoms with van der Waals surface area (Å²) < 4.78 is 40.1. The van der Waals surface area contributed by atoms with E-state index in [-0.39, 0.29) is 24.0 Å². The first kappa shape index (κ1) is 29.4. The molecule has 1 fully saturated rings. The number of aliphatic hydroxyl groups excluding tert-OH is 1. The molecule has 1 N–H and O–H groups in total. The lowest BCUT2D eigenvalue weighted by Gasteiger charge is -2.24. The zero-order valence-corrected chi connectivity index (χ0v) is 24.5. The monoisotopic (exact) mass is 552 g/mol. The van der Waals surface area contributed by atoms with Crippen LogP contribution in [0.3, 0.4) is 0 Å². The molecular weight excluding hydrogens is 512 g/mol. The van der Waals surface area contributed by atoms with Gasteiger partial charge in [0.15, 0.2) is 34.5 Å². The van der Waals surface area contributed by atoms with Crippen LogP contribution in [0.25, 0.3) is 0 Å². The minimum absolute atomic E-state index is 0.0987. The first-order valence-electron chi connectivity index (χ1n) is 13.4. The summed E-state index contributed by atoms with van der Waals surface area (Å²) in [5.74, 6) is 4.12. The van der Waals surface area contributed by atoms with Crippen LogP contribution < -0.4 is 28.4 Å². The molecule has 6 atom stereocenters. The molecule has 1 aliphatic heterocycles. The van der Waals surface area contributed by atoms with Gasteiger partial charge in [-0.1, -0.05) is 32.0 Å². The third-order valence-corrected chi connectivity index (χ3v) is 7.84. The predicted octanol–water partition coefficient (Wildman–Crippen LogP) is 6.32. The van der Waals surface area contributed by atoms with E-state index in [0.717, 1.165) is 11.1 Å². The summed E-state index contributed by atoms with van der Waals surface area (Å²) in [6, 6.07) is 17.1. The van der Waals surface area contributed by atoms with Gasteiger partial charge in [-0.25, -0.2) is 0 Å². The summed E-state index contributed by atoms with van der Waals surface area (Å²) in [5, 5.41) is 11.0. The highest BCUT2D eigenvalue weighted by Crippen LogP contribution is 2.50. The SMILES string of the molecule is COc1ccc([C@@H](O)[C@H](C)Oc2ccc([C@H]3O[C@@H](c4ccc(OC)c(OC)c4)[C@@H](C)[C@H]3C)cc2OC)cc1OC. The van der Waals surface area contributed by atoms with Crippen molar-refractivity contribution in [3.05, 3.63) is 71.3 Å². The van der Waals surface area contributed by atoms with Crippen LogP contribution in [-0.4, -0.2) is 46.8 Å². The van der Waals surface area contributed by atoms with Crippen molar-refractivity contribution >= 4 is 0 Å². The van der Waals surface area contributed by atoms with E-state index in [2.05, 4.69) is 13.8 Å². The average molecular weight is 553 g/mol. The Labute approximate surface area is 236 Å². The number of aliphatic hydroxyl groups is 1. The Morgan fingerprint density at radius 1 is 0.600 bits per heavy atom. The highest BCUT2D eigenvalue weighted by Gasteiger charge is 2.41. The summed E-state index contributed by atoms with van der Waals surface area (Å²) in [6.45, 7) is 6.22. The fraction of sp³-hybridized carbons (Fsp3) is 0.438. The van der Waals surface area contributed by atoms with Crippen LogP contribution in [0.1, 0.15) is 55.8 Å². The minimum Gasteiger partial charge on any atom is -0.493 e. The van der Waals surface area contributed by atoms with E-state index < -0.39 is 12.2 Å². The molecule has 3 aromatic rings. The first-order valence-corrected chi connectivity index (χ1v) is 13.4. The van der Waals surface area contributed by atoms with Gasteiger partial charge >= 0.3 is 0 Å². The molecule has 0 aliphatic carbocycles. The first-order chi connectivity index (χ1) is 19.3. The van der Waals surface area contributed by atoms with Crippen molar-refractivity contribution in [1.82, 2.24) is 0 Å². The number of hydrogen-bond acceptors (Lipinski definition) is 8. The van der Waals surface area contributed by atoms with Crippen molar-refractivity contribution in [2.24, 2.45) is 11.8 Å². The zero-order valence-electron chi connectivity index (χ0n) is 24.5. The standard InChI is InChI=1S/C32H40O8/c1-18-19(2)32(40-31(18)22-10-13-25(35-5)28(16-22)37-7)23-11-14-26(29(17-23)38-8)39-20(3)30(33)21-9-12-24(34-4)27(15-21)36-6/h9-20,30-33H,1-8H3/t18-,19+,20-,30-,31+,32-/m0/s1. The van der Waals surface area contributed by atoms with Gasteiger partial charge in [0.25, 0.3) is 0 Å². The number of rotatable bonds is 11. The molecule has 0 bridgehead atoms. The minimum atomic E-state index is -0.898. The largest absolute Gasteiger partial charge is 0.493 e. The summed E-state index contributed by atoms with van der Waals surface area (Å²) in [7, 11) is 8.00. The average Bonchev–Trinajstić information content (AvgIpc) is 3.29. The lowest BCUT2D eigenvalue weighted by Crippen LogP contribution is -2.22. The van der Waals surface area contributed by atoms with Crippen molar-refractivity contribution in [3.63, 3.8) is 0 Å². The van der Waals surface area contributed by atoms with Gasteiger partial charge in [0, 0.05) is 0 Å². The summed E-state index contributed by atoms with van der Waals surface area (Å²) >= 11 is 0.